The number of rotatable bonds is 7. The molecule has 2 heterocycles. The van der Waals surface area contributed by atoms with Crippen LogP contribution < -0.4 is 21.2 Å². The van der Waals surface area contributed by atoms with Gasteiger partial charge in [0.05, 0.1) is 11.9 Å². The molecule has 1 fully saturated rings. The van der Waals surface area contributed by atoms with Gasteiger partial charge in [-0.05, 0) is 61.4 Å². The second-order valence-electron chi connectivity index (χ2n) is 9.90. The summed E-state index contributed by atoms with van der Waals surface area (Å²) in [5.74, 6) is 1.80. The van der Waals surface area contributed by atoms with Crippen LogP contribution in [0, 0.1) is 5.92 Å². The maximum absolute atomic E-state index is 12.7. The highest BCUT2D eigenvalue weighted by molar-refractivity contribution is 5.90. The number of phenolic OH excluding ortho intramolecular Hbond substituents is 1. The van der Waals surface area contributed by atoms with E-state index in [-0.39, 0.29) is 29.7 Å². The Morgan fingerprint density at radius 1 is 1.05 bits per heavy atom. The van der Waals surface area contributed by atoms with Gasteiger partial charge in [-0.1, -0.05) is 12.1 Å². The van der Waals surface area contributed by atoms with Gasteiger partial charge in [0, 0.05) is 49.6 Å². The van der Waals surface area contributed by atoms with Crippen molar-refractivity contribution in [1.82, 2.24) is 15.3 Å². The van der Waals surface area contributed by atoms with Crippen LogP contribution in [0.2, 0.25) is 0 Å². The van der Waals surface area contributed by atoms with Crippen molar-refractivity contribution in [3.8, 4) is 5.75 Å². The second kappa shape index (κ2) is 10.5. The van der Waals surface area contributed by atoms with Crippen LogP contribution in [0.1, 0.15) is 31.2 Å². The number of nitrogens with zero attached hydrogens (tertiary/aromatic N) is 3. The Morgan fingerprint density at radius 3 is 2.62 bits per heavy atom. The Morgan fingerprint density at radius 2 is 1.84 bits per heavy atom. The molecular weight excluding hydrogens is 470 g/mol. The number of phenols is 1. The number of nitrogens with one attached hydrogen (secondary N) is 2. The normalized spacial score (nSPS) is 17.6. The first-order valence-electron chi connectivity index (χ1n) is 12.6. The van der Waals surface area contributed by atoms with E-state index >= 15 is 0 Å². The van der Waals surface area contributed by atoms with Gasteiger partial charge in [-0.15, -0.1) is 0 Å². The zero-order valence-corrected chi connectivity index (χ0v) is 21.0. The number of carbonyl (C=O) groups excluding carboxylic acids is 1. The summed E-state index contributed by atoms with van der Waals surface area (Å²) in [5.41, 5.74) is 1.24. The van der Waals surface area contributed by atoms with E-state index in [2.05, 4.69) is 10.6 Å². The van der Waals surface area contributed by atoms with Crippen LogP contribution in [0.5, 0.6) is 5.75 Å². The lowest BCUT2D eigenvalue weighted by atomic mass is 9.86. The third-order valence-electron chi connectivity index (χ3n) is 6.94. The smallest absolute Gasteiger partial charge is 0.336 e. The first kappa shape index (κ1) is 24.5. The van der Waals surface area contributed by atoms with E-state index in [1.54, 1.807) is 6.07 Å². The minimum absolute atomic E-state index is 0.00709. The Balaban J connectivity index is 1.15. The molecule has 37 heavy (non-hydrogen) atoms. The highest BCUT2D eigenvalue weighted by atomic mass is 16.4. The maximum atomic E-state index is 12.7. The van der Waals surface area contributed by atoms with Gasteiger partial charge in [0.15, 0.2) is 0 Å². The van der Waals surface area contributed by atoms with Crippen LogP contribution >= 0.6 is 0 Å². The summed E-state index contributed by atoms with van der Waals surface area (Å²) >= 11 is 0. The monoisotopic (exact) mass is 501 g/mol. The summed E-state index contributed by atoms with van der Waals surface area (Å²) in [6.07, 6.45) is 4.01. The lowest BCUT2D eigenvalue weighted by molar-refractivity contribution is -0.120. The lowest BCUT2D eigenvalue weighted by Gasteiger charge is -2.29. The summed E-state index contributed by atoms with van der Waals surface area (Å²) in [7, 11) is 3.97. The second-order valence-corrected chi connectivity index (χ2v) is 9.90. The topological polar surface area (TPSA) is 121 Å². The van der Waals surface area contributed by atoms with Crippen LogP contribution in [0.25, 0.3) is 21.9 Å². The van der Waals surface area contributed by atoms with E-state index in [0.29, 0.717) is 29.4 Å². The highest BCUT2D eigenvalue weighted by Gasteiger charge is 2.23. The SMILES string of the molecule is CN(C)c1nc(N[C@H]2CC[C@@H](CNC(=O)Cc3cc(=O)oc4cc(O)ccc34)CC2)nc2ccccc12. The van der Waals surface area contributed by atoms with E-state index in [0.717, 1.165) is 42.4 Å². The van der Waals surface area contributed by atoms with Gasteiger partial charge < -0.3 is 25.1 Å². The van der Waals surface area contributed by atoms with Gasteiger partial charge in [-0.3, -0.25) is 4.79 Å². The van der Waals surface area contributed by atoms with Crippen LogP contribution in [0.4, 0.5) is 11.8 Å². The highest BCUT2D eigenvalue weighted by Crippen LogP contribution is 2.28. The molecule has 2 aromatic carbocycles. The average molecular weight is 502 g/mol. The summed E-state index contributed by atoms with van der Waals surface area (Å²) in [4.78, 5) is 36.0. The molecule has 192 valence electrons. The summed E-state index contributed by atoms with van der Waals surface area (Å²) in [6, 6.07) is 14.2. The molecule has 0 spiro atoms. The number of hydrogen-bond donors (Lipinski definition) is 3. The van der Waals surface area contributed by atoms with E-state index in [4.69, 9.17) is 14.4 Å². The standard InChI is InChI=1S/C28H31N5O4/c1-33(2)27-22-5-3-4-6-23(22)31-28(32-27)30-19-9-7-17(8-10-19)16-29-25(35)13-18-14-26(36)37-24-15-20(34)11-12-21(18)24/h3-6,11-12,14-15,17,19,34H,7-10,13,16H2,1-2H3,(H,29,35)(H,30,31,32)/t17-,19+. The molecule has 1 amide bonds. The number of amides is 1. The molecule has 0 radical (unpaired) electrons. The van der Waals surface area contributed by atoms with Crippen molar-refractivity contribution in [1.29, 1.82) is 0 Å². The van der Waals surface area contributed by atoms with Gasteiger partial charge in [0.1, 0.15) is 17.2 Å². The third kappa shape index (κ3) is 5.66. The van der Waals surface area contributed by atoms with Crippen LogP contribution in [-0.4, -0.2) is 47.7 Å². The van der Waals surface area contributed by atoms with Crippen molar-refractivity contribution in [2.45, 2.75) is 38.1 Å². The zero-order chi connectivity index (χ0) is 25.9. The van der Waals surface area contributed by atoms with E-state index in [1.807, 2.05) is 43.3 Å². The fourth-order valence-electron chi connectivity index (χ4n) is 5.02. The molecule has 9 heteroatoms. The number of anilines is 2. The Labute approximate surface area is 214 Å². The molecule has 1 aliphatic carbocycles. The van der Waals surface area contributed by atoms with Crippen molar-refractivity contribution in [3.05, 3.63) is 64.5 Å². The average Bonchev–Trinajstić information content (AvgIpc) is 2.87. The van der Waals surface area contributed by atoms with Gasteiger partial charge in [0.25, 0.3) is 0 Å². The van der Waals surface area contributed by atoms with Crippen LogP contribution in [-0.2, 0) is 11.2 Å². The molecule has 0 bridgehead atoms. The Hall–Kier alpha value is -4.14. The number of benzene rings is 2. The van der Waals surface area contributed by atoms with Gasteiger partial charge >= 0.3 is 5.63 Å². The van der Waals surface area contributed by atoms with Crippen molar-refractivity contribution >= 4 is 39.5 Å². The number of hydrogen-bond acceptors (Lipinski definition) is 8. The molecule has 0 aliphatic heterocycles. The predicted octanol–water partition coefficient (Wildman–Crippen LogP) is 3.84. The molecular formula is C28H31N5O4. The van der Waals surface area contributed by atoms with Crippen LogP contribution in [0.15, 0.2) is 57.7 Å². The van der Waals surface area contributed by atoms with Crippen molar-refractivity contribution < 1.29 is 14.3 Å². The molecule has 3 N–H and O–H groups in total. The van der Waals surface area contributed by atoms with Crippen molar-refractivity contribution in [2.24, 2.45) is 5.92 Å². The first-order valence-corrected chi connectivity index (χ1v) is 12.6. The summed E-state index contributed by atoms with van der Waals surface area (Å²) in [6.45, 7) is 0.600. The van der Waals surface area contributed by atoms with Gasteiger partial charge in [0.2, 0.25) is 11.9 Å². The molecule has 2 aromatic heterocycles. The molecule has 1 saturated carbocycles. The number of aromatic hydroxyl groups is 1. The number of aromatic nitrogens is 2. The Kier molecular flexibility index (Phi) is 6.94. The zero-order valence-electron chi connectivity index (χ0n) is 21.0. The molecule has 0 saturated heterocycles. The quantitative estimate of drug-likeness (QED) is 0.327. The largest absolute Gasteiger partial charge is 0.508 e. The van der Waals surface area contributed by atoms with Crippen molar-refractivity contribution in [2.75, 3.05) is 30.9 Å². The molecule has 0 atom stereocenters. The van der Waals surface area contributed by atoms with Gasteiger partial charge in [-0.25, -0.2) is 9.78 Å². The van der Waals surface area contributed by atoms with Crippen molar-refractivity contribution in [3.63, 3.8) is 0 Å². The number of fused-ring (bicyclic) bond motifs is 2. The minimum Gasteiger partial charge on any atom is -0.508 e. The minimum atomic E-state index is -0.542. The van der Waals surface area contributed by atoms with E-state index < -0.39 is 5.63 Å². The summed E-state index contributed by atoms with van der Waals surface area (Å²) < 4.78 is 5.15. The third-order valence-corrected chi connectivity index (χ3v) is 6.94. The van der Waals surface area contributed by atoms with Crippen LogP contribution in [0.3, 0.4) is 0 Å². The lowest BCUT2D eigenvalue weighted by Crippen LogP contribution is -2.35. The van der Waals surface area contributed by atoms with E-state index in [9.17, 15) is 14.7 Å². The number of para-hydroxylation sites is 1. The molecule has 5 rings (SSSR count). The molecule has 0 unspecified atom stereocenters. The molecule has 4 aromatic rings. The van der Waals surface area contributed by atoms with Gasteiger partial charge in [-0.2, -0.15) is 4.98 Å². The predicted molar refractivity (Wildman–Crippen MR) is 144 cm³/mol. The number of carbonyl (C=O) groups is 1. The fourth-order valence-corrected chi connectivity index (χ4v) is 5.02. The van der Waals surface area contributed by atoms with E-state index in [1.165, 1.54) is 18.2 Å². The molecule has 1 aliphatic rings. The first-order chi connectivity index (χ1) is 17.9. The Bertz CT molecular complexity index is 1490. The fraction of sp³-hybridized carbons (Fsp3) is 0.357. The summed E-state index contributed by atoms with van der Waals surface area (Å²) in [5, 5.41) is 17.9. The molecule has 9 nitrogen and oxygen atoms in total. The maximum Gasteiger partial charge on any atom is 0.336 e.